The molecule has 0 amide bonds. The number of pyridine rings is 1. The second-order valence-electron chi connectivity index (χ2n) is 13.9. The third-order valence-corrected chi connectivity index (χ3v) is 11.3. The highest BCUT2D eigenvalue weighted by Gasteiger charge is 2.51. The third kappa shape index (κ3) is 3.96. The van der Waals surface area contributed by atoms with Gasteiger partial charge in [-0.3, -0.25) is 0 Å². The van der Waals surface area contributed by atoms with Gasteiger partial charge >= 0.3 is 0 Å². The van der Waals surface area contributed by atoms with Crippen molar-refractivity contribution in [3.05, 3.63) is 210 Å². The number of fused-ring (bicyclic) bond motifs is 13. The van der Waals surface area contributed by atoms with Crippen LogP contribution in [0.15, 0.2) is 182 Å². The molecule has 11 rings (SSSR count). The van der Waals surface area contributed by atoms with E-state index in [1.54, 1.807) is 0 Å². The highest BCUT2D eigenvalue weighted by atomic mass is 14.9. The smallest absolute Gasteiger partial charge is 0.0788 e. The van der Waals surface area contributed by atoms with Crippen LogP contribution in [-0.2, 0) is 5.41 Å². The quantitative estimate of drug-likeness (QED) is 0.193. The van der Waals surface area contributed by atoms with Crippen molar-refractivity contribution in [2.45, 2.75) is 11.5 Å². The zero-order valence-corrected chi connectivity index (χ0v) is 27.8. The number of dihydropyridines is 1. The van der Waals surface area contributed by atoms with Gasteiger partial charge in [-0.05, 0) is 103 Å². The van der Waals surface area contributed by atoms with Crippen molar-refractivity contribution in [2.75, 3.05) is 0 Å². The molecule has 2 heterocycles. The molecule has 0 radical (unpaired) electrons. The number of nitrogens with zero attached hydrogens (tertiary/aromatic N) is 1. The minimum Gasteiger partial charge on any atom is -0.381 e. The molecule has 238 valence electrons. The van der Waals surface area contributed by atoms with E-state index in [2.05, 4.69) is 175 Å². The van der Waals surface area contributed by atoms with Crippen LogP contribution in [-0.4, -0.2) is 4.98 Å². The molecule has 1 N–H and O–H groups in total. The van der Waals surface area contributed by atoms with E-state index >= 15 is 0 Å². The third-order valence-electron chi connectivity index (χ3n) is 11.3. The number of hydrogen-bond acceptors (Lipinski definition) is 2. The first-order valence-corrected chi connectivity index (χ1v) is 17.8. The molecule has 3 aliphatic rings. The maximum absolute atomic E-state index is 5.37. The lowest BCUT2D eigenvalue weighted by Gasteiger charge is -2.30. The van der Waals surface area contributed by atoms with Crippen molar-refractivity contribution in [1.82, 2.24) is 10.3 Å². The Morgan fingerprint density at radius 2 is 1.10 bits per heavy atom. The van der Waals surface area contributed by atoms with Gasteiger partial charge in [0, 0.05) is 16.3 Å². The number of para-hydroxylation sites is 1. The van der Waals surface area contributed by atoms with Crippen LogP contribution in [0.25, 0.3) is 66.3 Å². The first kappa shape index (κ1) is 28.3. The second-order valence-corrected chi connectivity index (χ2v) is 13.9. The Labute approximate surface area is 297 Å². The lowest BCUT2D eigenvalue weighted by molar-refractivity contribution is 0.747. The highest BCUT2D eigenvalue weighted by molar-refractivity contribution is 6.14. The standard InChI is InChI=1S/C49H32N2/c1-5-18-42-35(14-1)36-15-2-6-19-43(36)49(42)44-20-7-3-16-37(44)40-29-41-39(30-45(40)49)38-17-4-8-22-47(38)51-48(41)32-25-23-31(24-26-32)33-12-11-13-34(28-33)46-21-9-10-27-50-46/h1-30,46,50H. The van der Waals surface area contributed by atoms with Gasteiger partial charge in [0.1, 0.15) is 0 Å². The summed E-state index contributed by atoms with van der Waals surface area (Å²) in [6, 6.07) is 58.6. The molecule has 1 spiro atoms. The minimum atomic E-state index is -0.382. The molecule has 2 nitrogen and oxygen atoms in total. The summed E-state index contributed by atoms with van der Waals surface area (Å²) in [6.07, 6.45) is 8.33. The predicted octanol–water partition coefficient (Wildman–Crippen LogP) is 11.8. The summed E-state index contributed by atoms with van der Waals surface area (Å²) in [7, 11) is 0. The number of hydrogen-bond donors (Lipinski definition) is 1. The van der Waals surface area contributed by atoms with Crippen molar-refractivity contribution < 1.29 is 0 Å². The van der Waals surface area contributed by atoms with Crippen LogP contribution in [0, 0.1) is 0 Å². The molecule has 0 saturated heterocycles. The summed E-state index contributed by atoms with van der Waals surface area (Å²) in [5, 5.41) is 7.05. The molecule has 0 fully saturated rings. The summed E-state index contributed by atoms with van der Waals surface area (Å²) >= 11 is 0. The van der Waals surface area contributed by atoms with Gasteiger partial charge in [0.25, 0.3) is 0 Å². The average molecular weight is 649 g/mol. The van der Waals surface area contributed by atoms with Crippen LogP contribution in [0.1, 0.15) is 33.9 Å². The summed E-state index contributed by atoms with van der Waals surface area (Å²) in [4.78, 5) is 5.37. The number of allylic oxidation sites excluding steroid dienone is 2. The molecule has 8 aromatic rings. The number of aromatic nitrogens is 1. The largest absolute Gasteiger partial charge is 0.381 e. The molecular weight excluding hydrogens is 617 g/mol. The van der Waals surface area contributed by atoms with Crippen molar-refractivity contribution in [3.8, 4) is 44.6 Å². The van der Waals surface area contributed by atoms with E-state index in [0.29, 0.717) is 0 Å². The molecule has 1 aliphatic heterocycles. The van der Waals surface area contributed by atoms with Crippen molar-refractivity contribution in [2.24, 2.45) is 0 Å². The van der Waals surface area contributed by atoms with E-state index < -0.39 is 0 Å². The molecule has 7 aromatic carbocycles. The van der Waals surface area contributed by atoms with Crippen LogP contribution >= 0.6 is 0 Å². The van der Waals surface area contributed by atoms with Crippen molar-refractivity contribution in [1.29, 1.82) is 0 Å². The summed E-state index contributed by atoms with van der Waals surface area (Å²) in [5.41, 5.74) is 17.1. The summed E-state index contributed by atoms with van der Waals surface area (Å²) in [5.74, 6) is 0. The van der Waals surface area contributed by atoms with Crippen molar-refractivity contribution in [3.63, 3.8) is 0 Å². The number of benzene rings is 7. The molecule has 51 heavy (non-hydrogen) atoms. The van der Waals surface area contributed by atoms with E-state index in [1.165, 1.54) is 77.4 Å². The molecular formula is C49H32N2. The Morgan fingerprint density at radius 3 is 1.80 bits per heavy atom. The van der Waals surface area contributed by atoms with Crippen molar-refractivity contribution >= 4 is 21.7 Å². The molecule has 2 heteroatoms. The van der Waals surface area contributed by atoms with Crippen LogP contribution in [0.3, 0.4) is 0 Å². The van der Waals surface area contributed by atoms with Gasteiger partial charge in [-0.2, -0.15) is 0 Å². The predicted molar refractivity (Wildman–Crippen MR) is 211 cm³/mol. The summed E-state index contributed by atoms with van der Waals surface area (Å²) in [6.45, 7) is 0. The first-order chi connectivity index (χ1) is 25.3. The molecule has 1 atom stereocenters. The zero-order valence-electron chi connectivity index (χ0n) is 27.8. The summed E-state index contributed by atoms with van der Waals surface area (Å²) < 4.78 is 0. The molecule has 1 unspecified atom stereocenters. The Hall–Kier alpha value is -6.51. The number of nitrogens with one attached hydrogen (secondary N) is 1. The lowest BCUT2D eigenvalue weighted by Crippen LogP contribution is -2.25. The Balaban J connectivity index is 1.13. The maximum atomic E-state index is 5.37. The normalized spacial score (nSPS) is 15.8. The maximum Gasteiger partial charge on any atom is 0.0788 e. The molecule has 0 saturated carbocycles. The highest BCUT2D eigenvalue weighted by Crippen LogP contribution is 2.63. The van der Waals surface area contributed by atoms with E-state index in [0.717, 1.165) is 16.8 Å². The van der Waals surface area contributed by atoms with Gasteiger partial charge in [-0.1, -0.05) is 146 Å². The van der Waals surface area contributed by atoms with Gasteiger partial charge in [-0.15, -0.1) is 0 Å². The van der Waals surface area contributed by atoms with Crippen LogP contribution < -0.4 is 5.32 Å². The van der Waals surface area contributed by atoms with Gasteiger partial charge < -0.3 is 5.32 Å². The minimum absolute atomic E-state index is 0.180. The fourth-order valence-corrected chi connectivity index (χ4v) is 9.14. The number of rotatable bonds is 3. The van der Waals surface area contributed by atoms with Gasteiger partial charge in [0.2, 0.25) is 0 Å². The van der Waals surface area contributed by atoms with Gasteiger partial charge in [0.05, 0.1) is 22.7 Å². The second kappa shape index (κ2) is 10.7. The van der Waals surface area contributed by atoms with Crippen LogP contribution in [0.4, 0.5) is 0 Å². The van der Waals surface area contributed by atoms with Gasteiger partial charge in [-0.25, -0.2) is 4.98 Å². The molecule has 2 aliphatic carbocycles. The van der Waals surface area contributed by atoms with E-state index in [-0.39, 0.29) is 11.5 Å². The fourth-order valence-electron chi connectivity index (χ4n) is 9.14. The zero-order chi connectivity index (χ0) is 33.5. The Morgan fingerprint density at radius 1 is 0.451 bits per heavy atom. The lowest BCUT2D eigenvalue weighted by atomic mass is 9.70. The van der Waals surface area contributed by atoms with E-state index in [1.807, 2.05) is 12.3 Å². The monoisotopic (exact) mass is 648 g/mol. The van der Waals surface area contributed by atoms with E-state index in [9.17, 15) is 0 Å². The first-order valence-electron chi connectivity index (χ1n) is 17.8. The molecule has 1 aromatic heterocycles. The SMILES string of the molecule is C1=CNC(c2cccc(-c3ccc(-c4nc5ccccc5c5cc6c(cc45)-c4ccccc4C64c5ccccc5-c5ccccc54)cc3)c2)C=C1. The fraction of sp³-hybridized carbons (Fsp3) is 0.0408. The van der Waals surface area contributed by atoms with Gasteiger partial charge in [0.15, 0.2) is 0 Å². The topological polar surface area (TPSA) is 24.9 Å². The Bertz CT molecular complexity index is 2740. The van der Waals surface area contributed by atoms with Crippen LogP contribution in [0.2, 0.25) is 0 Å². The molecule has 0 bridgehead atoms. The average Bonchev–Trinajstić information content (AvgIpc) is 3.67. The van der Waals surface area contributed by atoms with Crippen LogP contribution in [0.5, 0.6) is 0 Å². The van der Waals surface area contributed by atoms with E-state index in [4.69, 9.17) is 4.98 Å². The Kier molecular flexibility index (Phi) is 5.97.